The summed E-state index contributed by atoms with van der Waals surface area (Å²) in [5.74, 6) is 0.956. The monoisotopic (exact) mass is 257 g/mol. The molecule has 2 heteroatoms. The van der Waals surface area contributed by atoms with Gasteiger partial charge in [-0.3, -0.25) is 0 Å². The molecule has 0 spiro atoms. The van der Waals surface area contributed by atoms with E-state index in [1.807, 2.05) is 0 Å². The van der Waals surface area contributed by atoms with Crippen LogP contribution in [0.1, 0.15) is 65.7 Å². The van der Waals surface area contributed by atoms with Crippen LogP contribution in [0.3, 0.4) is 0 Å². The van der Waals surface area contributed by atoms with Gasteiger partial charge in [0, 0.05) is 16.5 Å². The predicted octanol–water partition coefficient (Wildman–Crippen LogP) is 4.47. The molecule has 0 heterocycles. The Kier molecular flexibility index (Phi) is 7.61. The zero-order chi connectivity index (χ0) is 12.7. The molecule has 1 aliphatic rings. The molecule has 0 saturated heterocycles. The van der Waals surface area contributed by atoms with E-state index in [0.29, 0.717) is 6.04 Å². The van der Waals surface area contributed by atoms with Crippen molar-refractivity contribution in [2.75, 3.05) is 7.05 Å². The first-order chi connectivity index (χ1) is 8.21. The van der Waals surface area contributed by atoms with E-state index in [9.17, 15) is 0 Å². The van der Waals surface area contributed by atoms with Gasteiger partial charge >= 0.3 is 0 Å². The lowest BCUT2D eigenvalue weighted by Crippen LogP contribution is -2.36. The van der Waals surface area contributed by atoms with Crippen molar-refractivity contribution in [1.82, 2.24) is 5.32 Å². The van der Waals surface area contributed by atoms with Gasteiger partial charge in [0.05, 0.1) is 0 Å². The van der Waals surface area contributed by atoms with Crippen LogP contribution in [-0.2, 0) is 0 Å². The molecule has 4 unspecified atom stereocenters. The lowest BCUT2D eigenvalue weighted by Gasteiger charge is -2.32. The van der Waals surface area contributed by atoms with Crippen molar-refractivity contribution in [3.63, 3.8) is 0 Å². The van der Waals surface area contributed by atoms with Gasteiger partial charge < -0.3 is 5.32 Å². The van der Waals surface area contributed by atoms with Crippen LogP contribution in [-0.4, -0.2) is 23.6 Å². The van der Waals surface area contributed by atoms with E-state index in [0.717, 1.165) is 16.4 Å². The summed E-state index contributed by atoms with van der Waals surface area (Å²) in [6.45, 7) is 7.07. The van der Waals surface area contributed by atoms with Crippen molar-refractivity contribution < 1.29 is 0 Å². The highest BCUT2D eigenvalue weighted by Crippen LogP contribution is 2.36. The summed E-state index contributed by atoms with van der Waals surface area (Å²) < 4.78 is 0. The zero-order valence-corrected chi connectivity index (χ0v) is 13.0. The first-order valence-corrected chi connectivity index (χ1v) is 8.48. The molecule has 0 amide bonds. The molecule has 0 aromatic carbocycles. The summed E-state index contributed by atoms with van der Waals surface area (Å²) >= 11 is 2.28. The maximum Gasteiger partial charge on any atom is 0.0201 e. The number of rotatable bonds is 7. The van der Waals surface area contributed by atoms with E-state index in [1.165, 1.54) is 44.9 Å². The molecule has 0 radical (unpaired) electrons. The summed E-state index contributed by atoms with van der Waals surface area (Å²) in [6, 6.07) is 0.715. The van der Waals surface area contributed by atoms with Gasteiger partial charge in [-0.05, 0) is 38.6 Å². The van der Waals surface area contributed by atoms with E-state index < -0.39 is 0 Å². The third-order valence-corrected chi connectivity index (χ3v) is 5.90. The van der Waals surface area contributed by atoms with Crippen molar-refractivity contribution in [3.05, 3.63) is 0 Å². The van der Waals surface area contributed by atoms with Crippen molar-refractivity contribution >= 4 is 11.8 Å². The second-order valence-electron chi connectivity index (χ2n) is 5.66. The Hall–Kier alpha value is 0.310. The highest BCUT2D eigenvalue weighted by Gasteiger charge is 2.25. The zero-order valence-electron chi connectivity index (χ0n) is 12.2. The highest BCUT2D eigenvalue weighted by molar-refractivity contribution is 8.00. The van der Waals surface area contributed by atoms with E-state index in [2.05, 4.69) is 44.9 Å². The molecule has 1 N–H and O–H groups in total. The maximum absolute atomic E-state index is 3.53. The van der Waals surface area contributed by atoms with Crippen molar-refractivity contribution in [3.8, 4) is 0 Å². The molecule has 1 aliphatic carbocycles. The molecule has 1 saturated carbocycles. The molecule has 0 aromatic heterocycles. The first kappa shape index (κ1) is 15.4. The Bertz CT molecular complexity index is 195. The van der Waals surface area contributed by atoms with Crippen LogP contribution in [0.5, 0.6) is 0 Å². The number of hydrogen-bond donors (Lipinski definition) is 1. The number of hydrogen-bond acceptors (Lipinski definition) is 2. The fourth-order valence-corrected chi connectivity index (χ4v) is 4.94. The highest BCUT2D eigenvalue weighted by atomic mass is 32.2. The average molecular weight is 257 g/mol. The Morgan fingerprint density at radius 1 is 1.29 bits per heavy atom. The molecule has 4 atom stereocenters. The Balaban J connectivity index is 2.43. The lowest BCUT2D eigenvalue weighted by molar-refractivity contribution is 0.391. The van der Waals surface area contributed by atoms with Crippen LogP contribution in [0.15, 0.2) is 0 Å². The van der Waals surface area contributed by atoms with Gasteiger partial charge in [0.15, 0.2) is 0 Å². The predicted molar refractivity (Wildman–Crippen MR) is 80.8 cm³/mol. The minimum absolute atomic E-state index is 0.715. The first-order valence-electron chi connectivity index (χ1n) is 7.53. The molecule has 1 fully saturated rings. The van der Waals surface area contributed by atoms with Crippen LogP contribution >= 0.6 is 11.8 Å². The average Bonchev–Trinajstić information content (AvgIpc) is 2.33. The lowest BCUT2D eigenvalue weighted by atomic mass is 9.90. The number of nitrogens with one attached hydrogen (secondary N) is 1. The van der Waals surface area contributed by atoms with Crippen molar-refractivity contribution in [2.24, 2.45) is 5.92 Å². The fraction of sp³-hybridized carbons (Fsp3) is 1.00. The van der Waals surface area contributed by atoms with Gasteiger partial charge in [0.2, 0.25) is 0 Å². The second-order valence-corrected chi connectivity index (χ2v) is 7.20. The Morgan fingerprint density at radius 2 is 2.06 bits per heavy atom. The van der Waals surface area contributed by atoms with E-state index in [1.54, 1.807) is 0 Å². The van der Waals surface area contributed by atoms with Gasteiger partial charge in [-0.25, -0.2) is 0 Å². The molecule has 1 nitrogen and oxygen atoms in total. The van der Waals surface area contributed by atoms with Crippen molar-refractivity contribution in [2.45, 2.75) is 82.3 Å². The topological polar surface area (TPSA) is 12.0 Å². The second kappa shape index (κ2) is 8.42. The molecule has 102 valence electrons. The summed E-state index contributed by atoms with van der Waals surface area (Å²) in [5.41, 5.74) is 0. The third kappa shape index (κ3) is 5.21. The fourth-order valence-electron chi connectivity index (χ4n) is 3.05. The molecule has 0 bridgehead atoms. The van der Waals surface area contributed by atoms with Crippen LogP contribution in [0.25, 0.3) is 0 Å². The molecular weight excluding hydrogens is 226 g/mol. The summed E-state index contributed by atoms with van der Waals surface area (Å²) in [6.07, 6.45) is 9.73. The summed E-state index contributed by atoms with van der Waals surface area (Å²) in [4.78, 5) is 0. The molecule has 1 rings (SSSR count). The van der Waals surface area contributed by atoms with Gasteiger partial charge in [-0.1, -0.05) is 40.0 Å². The van der Waals surface area contributed by atoms with E-state index in [4.69, 9.17) is 0 Å². The van der Waals surface area contributed by atoms with E-state index >= 15 is 0 Å². The molecule has 0 aliphatic heterocycles. The van der Waals surface area contributed by atoms with Crippen molar-refractivity contribution in [1.29, 1.82) is 0 Å². The van der Waals surface area contributed by atoms with Crippen LogP contribution in [0.2, 0.25) is 0 Å². The quantitative estimate of drug-likeness (QED) is 0.722. The molecule has 17 heavy (non-hydrogen) atoms. The van der Waals surface area contributed by atoms with Crippen LogP contribution in [0, 0.1) is 5.92 Å². The van der Waals surface area contributed by atoms with Gasteiger partial charge in [0.1, 0.15) is 0 Å². The number of thioether (sulfide) groups is 1. The Labute approximate surface area is 113 Å². The van der Waals surface area contributed by atoms with Crippen LogP contribution in [0.4, 0.5) is 0 Å². The smallest absolute Gasteiger partial charge is 0.0201 e. The third-order valence-electron chi connectivity index (χ3n) is 4.08. The standard InChI is InChI=1S/C15H31NS/c1-5-8-14(16-4)15(6-2)17-13-10-7-9-12(3)11-13/h12-16H,5-11H2,1-4H3. The summed E-state index contributed by atoms with van der Waals surface area (Å²) in [7, 11) is 2.13. The van der Waals surface area contributed by atoms with E-state index in [-0.39, 0.29) is 0 Å². The Morgan fingerprint density at radius 3 is 2.59 bits per heavy atom. The minimum Gasteiger partial charge on any atom is -0.316 e. The normalized spacial score (nSPS) is 28.9. The maximum atomic E-state index is 3.53. The molecule has 0 aromatic rings. The SMILES string of the molecule is CCCC(NC)C(CC)SC1CCCC(C)C1. The molecular formula is C15H31NS. The van der Waals surface area contributed by atoms with Gasteiger partial charge in [0.25, 0.3) is 0 Å². The summed E-state index contributed by atoms with van der Waals surface area (Å²) in [5, 5.41) is 5.28. The van der Waals surface area contributed by atoms with Crippen LogP contribution < -0.4 is 5.32 Å². The largest absolute Gasteiger partial charge is 0.316 e. The van der Waals surface area contributed by atoms with Gasteiger partial charge in [-0.2, -0.15) is 11.8 Å². The minimum atomic E-state index is 0.715. The van der Waals surface area contributed by atoms with Gasteiger partial charge in [-0.15, -0.1) is 0 Å².